The summed E-state index contributed by atoms with van der Waals surface area (Å²) in [5.74, 6) is -0.420. The molecule has 0 bridgehead atoms. The van der Waals surface area contributed by atoms with Gasteiger partial charge in [0.1, 0.15) is 5.82 Å². The number of urea groups is 1. The monoisotopic (exact) mass is 384 g/mol. The topological polar surface area (TPSA) is 79.8 Å². The van der Waals surface area contributed by atoms with Crippen LogP contribution in [0.3, 0.4) is 0 Å². The highest BCUT2D eigenvalue weighted by atomic mass is 19.3. The zero-order valence-electron chi connectivity index (χ0n) is 14.4. The first kappa shape index (κ1) is 20.4. The van der Waals surface area contributed by atoms with E-state index in [-0.39, 0.29) is 24.6 Å². The molecule has 0 fully saturated rings. The van der Waals surface area contributed by atoms with Gasteiger partial charge in [0.05, 0.1) is 13.2 Å². The zero-order valence-corrected chi connectivity index (χ0v) is 14.4. The smallest absolute Gasteiger partial charge is 0.387 e. The van der Waals surface area contributed by atoms with Crippen molar-refractivity contribution in [2.75, 3.05) is 13.7 Å². The number of alkyl halides is 2. The van der Waals surface area contributed by atoms with E-state index in [1.807, 2.05) is 0 Å². The fourth-order valence-corrected chi connectivity index (χ4v) is 2.26. The van der Waals surface area contributed by atoms with E-state index in [9.17, 15) is 23.1 Å². The molecule has 2 rings (SSSR count). The molecular formula is C18H19F3N2O4. The number of ether oxygens (including phenoxy) is 2. The molecule has 0 saturated heterocycles. The van der Waals surface area contributed by atoms with E-state index in [4.69, 9.17) is 4.74 Å². The molecule has 0 aliphatic heterocycles. The van der Waals surface area contributed by atoms with Crippen LogP contribution < -0.4 is 20.1 Å². The lowest BCUT2D eigenvalue weighted by Gasteiger charge is -2.14. The van der Waals surface area contributed by atoms with E-state index in [1.165, 1.54) is 43.5 Å². The Hall–Kier alpha value is -2.94. The highest BCUT2D eigenvalue weighted by Crippen LogP contribution is 2.29. The number of rotatable bonds is 8. The van der Waals surface area contributed by atoms with Crippen LogP contribution in [0.15, 0.2) is 42.5 Å². The van der Waals surface area contributed by atoms with Gasteiger partial charge in [-0.05, 0) is 35.4 Å². The van der Waals surface area contributed by atoms with Crippen LogP contribution in [0.1, 0.15) is 17.2 Å². The number of hydrogen-bond acceptors (Lipinski definition) is 4. The van der Waals surface area contributed by atoms with Gasteiger partial charge in [-0.1, -0.05) is 18.2 Å². The van der Waals surface area contributed by atoms with E-state index >= 15 is 0 Å². The number of amides is 2. The third-order valence-corrected chi connectivity index (χ3v) is 3.61. The first-order valence-electron chi connectivity index (χ1n) is 7.96. The number of benzene rings is 2. The summed E-state index contributed by atoms with van der Waals surface area (Å²) in [4.78, 5) is 11.8. The molecule has 2 aromatic carbocycles. The summed E-state index contributed by atoms with van der Waals surface area (Å²) in [6, 6.07) is 9.06. The van der Waals surface area contributed by atoms with Gasteiger partial charge in [-0.2, -0.15) is 8.78 Å². The molecule has 2 aromatic rings. The summed E-state index contributed by atoms with van der Waals surface area (Å²) in [6.07, 6.45) is -0.997. The third kappa shape index (κ3) is 6.37. The van der Waals surface area contributed by atoms with Crippen molar-refractivity contribution < 1.29 is 32.5 Å². The Kier molecular flexibility index (Phi) is 7.30. The van der Waals surface area contributed by atoms with Gasteiger partial charge in [0, 0.05) is 13.1 Å². The van der Waals surface area contributed by atoms with Crippen molar-refractivity contribution in [2.24, 2.45) is 0 Å². The van der Waals surface area contributed by atoms with Crippen LogP contribution in [0.4, 0.5) is 18.0 Å². The van der Waals surface area contributed by atoms with Crippen molar-refractivity contribution in [1.29, 1.82) is 0 Å². The van der Waals surface area contributed by atoms with Crippen molar-refractivity contribution in [2.45, 2.75) is 19.3 Å². The van der Waals surface area contributed by atoms with Crippen LogP contribution in [-0.4, -0.2) is 31.4 Å². The Morgan fingerprint density at radius 1 is 1.11 bits per heavy atom. The molecule has 0 aromatic heterocycles. The molecule has 0 saturated carbocycles. The quantitative estimate of drug-likeness (QED) is 0.654. The maximum atomic E-state index is 12.9. The van der Waals surface area contributed by atoms with Gasteiger partial charge in [0.2, 0.25) is 0 Å². The van der Waals surface area contributed by atoms with Gasteiger partial charge in [0.25, 0.3) is 0 Å². The highest BCUT2D eigenvalue weighted by Gasteiger charge is 2.12. The molecular weight excluding hydrogens is 365 g/mol. The van der Waals surface area contributed by atoms with Crippen LogP contribution in [-0.2, 0) is 6.54 Å². The molecule has 1 unspecified atom stereocenters. The summed E-state index contributed by atoms with van der Waals surface area (Å²) >= 11 is 0. The van der Waals surface area contributed by atoms with Gasteiger partial charge in [-0.25, -0.2) is 9.18 Å². The maximum absolute atomic E-state index is 12.9. The molecule has 1 atom stereocenters. The van der Waals surface area contributed by atoms with Crippen LogP contribution in [0.25, 0.3) is 0 Å². The number of methoxy groups -OCH3 is 1. The van der Waals surface area contributed by atoms with Gasteiger partial charge in [0.15, 0.2) is 11.5 Å². The Morgan fingerprint density at radius 3 is 2.44 bits per heavy atom. The second-order valence-corrected chi connectivity index (χ2v) is 5.49. The number of carbonyl (C=O) groups is 1. The van der Waals surface area contributed by atoms with Gasteiger partial charge >= 0.3 is 12.6 Å². The minimum Gasteiger partial charge on any atom is -0.493 e. The molecule has 0 aliphatic carbocycles. The van der Waals surface area contributed by atoms with Gasteiger partial charge in [-0.15, -0.1) is 0 Å². The molecule has 0 heterocycles. The molecule has 9 heteroatoms. The van der Waals surface area contributed by atoms with Crippen molar-refractivity contribution >= 4 is 6.03 Å². The summed E-state index contributed by atoms with van der Waals surface area (Å²) in [5.41, 5.74) is 0.973. The predicted octanol–water partition coefficient (Wildman–Crippen LogP) is 2.97. The average Bonchev–Trinajstić information content (AvgIpc) is 2.64. The SMILES string of the molecule is COc1ccc(CNC(=O)NCC(O)c2ccc(F)cc2)cc1OC(F)F. The minimum atomic E-state index is -3.00. The van der Waals surface area contributed by atoms with E-state index in [2.05, 4.69) is 15.4 Å². The molecule has 146 valence electrons. The Morgan fingerprint density at radius 2 is 1.81 bits per heavy atom. The molecule has 6 nitrogen and oxygen atoms in total. The molecule has 0 aliphatic rings. The predicted molar refractivity (Wildman–Crippen MR) is 91.2 cm³/mol. The normalized spacial score (nSPS) is 11.8. The lowest BCUT2D eigenvalue weighted by atomic mass is 10.1. The number of aliphatic hydroxyl groups excluding tert-OH is 1. The lowest BCUT2D eigenvalue weighted by molar-refractivity contribution is -0.0512. The van der Waals surface area contributed by atoms with Crippen molar-refractivity contribution in [3.8, 4) is 11.5 Å². The van der Waals surface area contributed by atoms with E-state index < -0.39 is 24.6 Å². The molecule has 0 spiro atoms. The second kappa shape index (κ2) is 9.67. The number of hydrogen-bond donors (Lipinski definition) is 3. The molecule has 0 radical (unpaired) electrons. The Labute approximate surface area is 153 Å². The van der Waals surface area contributed by atoms with E-state index in [0.717, 1.165) is 0 Å². The van der Waals surface area contributed by atoms with Gasteiger partial charge < -0.3 is 25.2 Å². The minimum absolute atomic E-state index is 0.0437. The van der Waals surface area contributed by atoms with Crippen LogP contribution >= 0.6 is 0 Å². The van der Waals surface area contributed by atoms with Gasteiger partial charge in [-0.3, -0.25) is 0 Å². The first-order chi connectivity index (χ1) is 12.9. The Balaban J connectivity index is 1.85. The first-order valence-corrected chi connectivity index (χ1v) is 7.96. The van der Waals surface area contributed by atoms with Crippen molar-refractivity contribution in [3.05, 3.63) is 59.4 Å². The number of halogens is 3. The second-order valence-electron chi connectivity index (χ2n) is 5.49. The number of carbonyl (C=O) groups excluding carboxylic acids is 1. The summed E-state index contributed by atoms with van der Waals surface area (Å²) in [5, 5.41) is 15.0. The zero-order chi connectivity index (χ0) is 19.8. The standard InChI is InChI=1S/C18H19F3N2O4/c1-26-15-7-2-11(8-16(15)27-17(20)21)9-22-18(25)23-10-14(24)12-3-5-13(19)6-4-12/h2-8,14,17,24H,9-10H2,1H3,(H2,22,23,25). The number of aliphatic hydroxyl groups is 1. The summed E-state index contributed by atoms with van der Waals surface area (Å²) in [6.45, 7) is -3.04. The van der Waals surface area contributed by atoms with Crippen molar-refractivity contribution in [3.63, 3.8) is 0 Å². The van der Waals surface area contributed by atoms with E-state index in [1.54, 1.807) is 6.07 Å². The van der Waals surface area contributed by atoms with Crippen molar-refractivity contribution in [1.82, 2.24) is 10.6 Å². The number of nitrogens with one attached hydrogen (secondary N) is 2. The molecule has 27 heavy (non-hydrogen) atoms. The lowest BCUT2D eigenvalue weighted by Crippen LogP contribution is -2.37. The van der Waals surface area contributed by atoms with Crippen LogP contribution in [0, 0.1) is 5.82 Å². The summed E-state index contributed by atoms with van der Waals surface area (Å²) < 4.78 is 47.0. The van der Waals surface area contributed by atoms with E-state index in [0.29, 0.717) is 11.1 Å². The largest absolute Gasteiger partial charge is 0.493 e. The molecule has 2 amide bonds. The van der Waals surface area contributed by atoms with Crippen LogP contribution in [0.2, 0.25) is 0 Å². The third-order valence-electron chi connectivity index (χ3n) is 3.61. The average molecular weight is 384 g/mol. The fraction of sp³-hybridized carbons (Fsp3) is 0.278. The highest BCUT2D eigenvalue weighted by molar-refractivity contribution is 5.73. The molecule has 3 N–H and O–H groups in total. The van der Waals surface area contributed by atoms with Crippen LogP contribution in [0.5, 0.6) is 11.5 Å². The summed E-state index contributed by atoms with van der Waals surface area (Å²) in [7, 11) is 1.32. The maximum Gasteiger partial charge on any atom is 0.387 e. The Bertz CT molecular complexity index is 757. The fourth-order valence-electron chi connectivity index (χ4n) is 2.26.